The molecule has 0 bridgehead atoms. The van der Waals surface area contributed by atoms with Gasteiger partial charge in [-0.05, 0) is 89.2 Å². The topological polar surface area (TPSA) is 52.6 Å². The number of methoxy groups -OCH3 is 1. The molecule has 1 aliphatic rings. The summed E-state index contributed by atoms with van der Waals surface area (Å²) in [7, 11) is -0.845. The van der Waals surface area contributed by atoms with Gasteiger partial charge in [0.15, 0.2) is 14.1 Å². The molecule has 0 unspecified atom stereocenters. The van der Waals surface area contributed by atoms with Crippen molar-refractivity contribution in [1.82, 2.24) is 0 Å². The number of rotatable bonds is 9. The predicted molar refractivity (Wildman–Crippen MR) is 152 cm³/mol. The first kappa shape index (κ1) is 31.2. The zero-order chi connectivity index (χ0) is 28.4. The minimum absolute atomic E-state index is 0.0467. The lowest BCUT2D eigenvalue weighted by atomic mass is 9.61. The first-order valence-electron chi connectivity index (χ1n) is 13.2. The van der Waals surface area contributed by atoms with Crippen molar-refractivity contribution in [3.63, 3.8) is 0 Å². The number of hydrogen-bond donors (Lipinski definition) is 0. The van der Waals surface area contributed by atoms with E-state index in [1.807, 2.05) is 18.2 Å². The fraction of sp³-hybridized carbons (Fsp3) is 0.613. The molecule has 0 saturated heterocycles. The molecule has 1 aromatic rings. The minimum Gasteiger partial charge on any atom is -0.469 e. The van der Waals surface area contributed by atoms with Crippen LogP contribution in [-0.4, -0.2) is 33.3 Å². The van der Waals surface area contributed by atoms with E-state index in [9.17, 15) is 14.0 Å². The molecule has 0 aromatic heterocycles. The highest BCUT2D eigenvalue weighted by atomic mass is 28.4. The lowest BCUT2D eigenvalue weighted by molar-refractivity contribution is -0.142. The van der Waals surface area contributed by atoms with Gasteiger partial charge in [-0.15, -0.1) is 0 Å². The quantitative estimate of drug-likeness (QED) is 0.183. The van der Waals surface area contributed by atoms with E-state index in [1.54, 1.807) is 13.0 Å². The Labute approximate surface area is 224 Å². The summed E-state index contributed by atoms with van der Waals surface area (Å²) in [6.45, 7) is 21.3. The lowest BCUT2D eigenvalue weighted by Crippen LogP contribution is -2.45. The fourth-order valence-corrected chi connectivity index (χ4v) is 6.59. The Balaban J connectivity index is 2.42. The SMILES string of the molecule is COC(=O)C[C@@H](CC(=O)/C=C\C1=C(c2ccc(F)c(C)c2)CC(C)(C)CC1(C)C)O[Si](C)(C)C(C)(C)C. The van der Waals surface area contributed by atoms with Gasteiger partial charge in [0.05, 0.1) is 19.6 Å². The van der Waals surface area contributed by atoms with Gasteiger partial charge in [-0.1, -0.05) is 60.6 Å². The van der Waals surface area contributed by atoms with Gasteiger partial charge in [0.25, 0.3) is 0 Å². The molecule has 0 spiro atoms. The van der Waals surface area contributed by atoms with Crippen LogP contribution in [0.25, 0.3) is 5.57 Å². The molecule has 0 aliphatic heterocycles. The zero-order valence-corrected chi connectivity index (χ0v) is 25.8. The van der Waals surface area contributed by atoms with Gasteiger partial charge in [-0.3, -0.25) is 9.59 Å². The van der Waals surface area contributed by atoms with Crippen molar-refractivity contribution in [2.45, 2.75) is 105 Å². The van der Waals surface area contributed by atoms with Crippen molar-refractivity contribution in [3.05, 3.63) is 52.9 Å². The summed E-state index contributed by atoms with van der Waals surface area (Å²) in [6.07, 6.45) is 5.01. The number of esters is 1. The number of ketones is 1. The normalized spacial score (nSPS) is 18.7. The number of allylic oxidation sites excluding steroid dienone is 4. The molecule has 1 aliphatic carbocycles. The van der Waals surface area contributed by atoms with Crippen molar-refractivity contribution in [2.24, 2.45) is 10.8 Å². The fourth-order valence-electron chi connectivity index (χ4n) is 5.24. The van der Waals surface area contributed by atoms with E-state index in [2.05, 4.69) is 61.6 Å². The minimum atomic E-state index is -2.20. The highest BCUT2D eigenvalue weighted by Gasteiger charge is 2.40. The van der Waals surface area contributed by atoms with Crippen molar-refractivity contribution in [3.8, 4) is 0 Å². The molecule has 0 fully saturated rings. The standard InChI is InChI=1S/C31H47FO4Si/c1-21-16-22(12-15-27(21)32)25-19-30(5,6)20-31(7,8)26(25)14-13-23(33)17-24(18-28(34)35-9)36-37(10,11)29(2,3)4/h12-16,24H,17-20H2,1-11H3/b14-13-/t24-/m1/s1. The second-order valence-electron chi connectivity index (χ2n) is 13.5. The third-order valence-corrected chi connectivity index (χ3v) is 12.4. The zero-order valence-electron chi connectivity index (χ0n) is 24.8. The molecule has 37 heavy (non-hydrogen) atoms. The van der Waals surface area contributed by atoms with Crippen molar-refractivity contribution >= 4 is 25.6 Å². The highest BCUT2D eigenvalue weighted by molar-refractivity contribution is 6.74. The van der Waals surface area contributed by atoms with Crippen LogP contribution >= 0.6 is 0 Å². The first-order valence-corrected chi connectivity index (χ1v) is 16.1. The average Bonchev–Trinajstić information content (AvgIpc) is 2.72. The Bertz CT molecular complexity index is 1070. The Morgan fingerprint density at radius 1 is 1.14 bits per heavy atom. The van der Waals surface area contributed by atoms with Crippen molar-refractivity contribution < 1.29 is 23.1 Å². The van der Waals surface area contributed by atoms with E-state index in [0.717, 1.165) is 29.6 Å². The maximum atomic E-state index is 14.0. The van der Waals surface area contributed by atoms with Gasteiger partial charge in [0.1, 0.15) is 5.82 Å². The van der Waals surface area contributed by atoms with Crippen molar-refractivity contribution in [1.29, 1.82) is 0 Å². The maximum absolute atomic E-state index is 14.0. The third kappa shape index (κ3) is 8.21. The second-order valence-corrected chi connectivity index (χ2v) is 18.3. The van der Waals surface area contributed by atoms with Gasteiger partial charge >= 0.3 is 5.97 Å². The molecule has 1 aromatic carbocycles. The molecule has 0 amide bonds. The smallest absolute Gasteiger partial charge is 0.308 e. The summed E-state index contributed by atoms with van der Waals surface area (Å²) in [4.78, 5) is 25.3. The highest BCUT2D eigenvalue weighted by Crippen LogP contribution is 2.52. The Hall–Kier alpha value is -2.05. The molecule has 0 N–H and O–H groups in total. The van der Waals surface area contributed by atoms with Gasteiger partial charge in [-0.2, -0.15) is 0 Å². The van der Waals surface area contributed by atoms with E-state index in [4.69, 9.17) is 9.16 Å². The largest absolute Gasteiger partial charge is 0.469 e. The van der Waals surface area contributed by atoms with Crippen LogP contribution in [0.15, 0.2) is 35.9 Å². The monoisotopic (exact) mass is 530 g/mol. The molecule has 1 atom stereocenters. The van der Waals surface area contributed by atoms with Gasteiger partial charge in [0.2, 0.25) is 0 Å². The number of carbonyl (C=O) groups is 2. The van der Waals surface area contributed by atoms with E-state index >= 15 is 0 Å². The molecular formula is C31H47FO4Si. The second kappa shape index (κ2) is 11.4. The number of ether oxygens (including phenoxy) is 1. The Morgan fingerprint density at radius 3 is 2.30 bits per heavy atom. The van der Waals surface area contributed by atoms with Crippen LogP contribution in [0.2, 0.25) is 18.1 Å². The summed E-state index contributed by atoms with van der Waals surface area (Å²) in [5, 5.41) is -0.0494. The van der Waals surface area contributed by atoms with Crippen LogP contribution in [0.4, 0.5) is 4.39 Å². The van der Waals surface area contributed by atoms with Crippen molar-refractivity contribution in [2.75, 3.05) is 7.11 Å². The molecule has 6 heteroatoms. The summed E-state index contributed by atoms with van der Waals surface area (Å²) >= 11 is 0. The third-order valence-electron chi connectivity index (χ3n) is 7.89. The van der Waals surface area contributed by atoms with E-state index in [0.29, 0.717) is 5.56 Å². The van der Waals surface area contributed by atoms with Crippen LogP contribution < -0.4 is 0 Å². The van der Waals surface area contributed by atoms with Crippen LogP contribution in [0.5, 0.6) is 0 Å². The van der Waals surface area contributed by atoms with Crippen LogP contribution in [0.3, 0.4) is 0 Å². The maximum Gasteiger partial charge on any atom is 0.308 e. The van der Waals surface area contributed by atoms with Crippen LogP contribution in [0.1, 0.15) is 85.3 Å². The van der Waals surface area contributed by atoms with E-state index < -0.39 is 14.4 Å². The Morgan fingerprint density at radius 2 is 1.76 bits per heavy atom. The van der Waals surface area contributed by atoms with E-state index in [1.165, 1.54) is 13.2 Å². The first-order chi connectivity index (χ1) is 16.8. The van der Waals surface area contributed by atoms with Gasteiger partial charge in [-0.25, -0.2) is 4.39 Å². The molecule has 4 nitrogen and oxygen atoms in total. The van der Waals surface area contributed by atoms with Crippen LogP contribution in [-0.2, 0) is 18.8 Å². The molecule has 2 rings (SSSR count). The average molecular weight is 531 g/mol. The number of aryl methyl sites for hydroxylation is 1. The van der Waals surface area contributed by atoms with Crippen LogP contribution in [0, 0.1) is 23.6 Å². The number of halogens is 1. The summed E-state index contributed by atoms with van der Waals surface area (Å²) in [6, 6.07) is 5.26. The molecule has 0 radical (unpaired) electrons. The number of carbonyl (C=O) groups excluding carboxylic acids is 2. The number of hydrogen-bond acceptors (Lipinski definition) is 4. The summed E-state index contributed by atoms with van der Waals surface area (Å²) < 4.78 is 25.4. The molecule has 206 valence electrons. The van der Waals surface area contributed by atoms with Gasteiger partial charge < -0.3 is 9.16 Å². The Kier molecular flexibility index (Phi) is 9.57. The van der Waals surface area contributed by atoms with Gasteiger partial charge in [0, 0.05) is 6.42 Å². The molecular weight excluding hydrogens is 483 g/mol. The lowest BCUT2D eigenvalue weighted by Gasteiger charge is -2.43. The predicted octanol–water partition coefficient (Wildman–Crippen LogP) is 8.20. The summed E-state index contributed by atoms with van der Waals surface area (Å²) in [5.41, 5.74) is 3.76. The molecule has 0 heterocycles. The molecule has 0 saturated carbocycles. The van der Waals surface area contributed by atoms with E-state index in [-0.39, 0.29) is 46.3 Å². The summed E-state index contributed by atoms with van der Waals surface area (Å²) in [5.74, 6) is -0.687. The number of benzene rings is 1.